The molecule has 0 unspecified atom stereocenters. The second-order valence-corrected chi connectivity index (χ2v) is 6.24. The number of anilines is 2. The van der Waals surface area contributed by atoms with Crippen molar-refractivity contribution in [3.8, 4) is 0 Å². The molecule has 0 atom stereocenters. The van der Waals surface area contributed by atoms with E-state index in [9.17, 15) is 4.79 Å². The molecule has 0 aliphatic heterocycles. The molecule has 0 radical (unpaired) electrons. The number of nitrogens with zero attached hydrogens (tertiary/aromatic N) is 2. The molecule has 0 saturated carbocycles. The Hall–Kier alpha value is -1.95. The maximum atomic E-state index is 11.9. The highest BCUT2D eigenvalue weighted by Crippen LogP contribution is 2.23. The molecule has 0 spiro atoms. The van der Waals surface area contributed by atoms with E-state index < -0.39 is 0 Å². The summed E-state index contributed by atoms with van der Waals surface area (Å²) in [6, 6.07) is 7.76. The minimum absolute atomic E-state index is 0.0935. The van der Waals surface area contributed by atoms with Crippen molar-refractivity contribution in [3.05, 3.63) is 34.8 Å². The van der Waals surface area contributed by atoms with E-state index in [1.165, 1.54) is 5.56 Å². The highest BCUT2D eigenvalue weighted by molar-refractivity contribution is 7.16. The van der Waals surface area contributed by atoms with Gasteiger partial charge in [0.2, 0.25) is 10.1 Å². The summed E-state index contributed by atoms with van der Waals surface area (Å²) >= 11 is 1.07. The molecule has 0 saturated heterocycles. The summed E-state index contributed by atoms with van der Waals surface area (Å²) in [6.45, 7) is 6.43. The number of amides is 1. The molecule has 0 fully saturated rings. The van der Waals surface area contributed by atoms with Crippen molar-refractivity contribution in [1.82, 2.24) is 10.2 Å². The average Bonchev–Trinajstić information content (AvgIpc) is 2.75. The molecule has 1 amide bonds. The summed E-state index contributed by atoms with van der Waals surface area (Å²) < 4.78 is 0. The monoisotopic (exact) mass is 276 g/mol. The van der Waals surface area contributed by atoms with Crippen LogP contribution >= 0.6 is 11.3 Å². The van der Waals surface area contributed by atoms with E-state index in [1.807, 2.05) is 24.3 Å². The summed E-state index contributed by atoms with van der Waals surface area (Å²) in [7, 11) is 0. The first-order chi connectivity index (χ1) is 8.86. The zero-order valence-corrected chi connectivity index (χ0v) is 11.9. The SMILES string of the molecule is CC(C)(C)c1ccc(NC(=O)c2nnc(N)s2)cc1. The Morgan fingerprint density at radius 3 is 2.32 bits per heavy atom. The van der Waals surface area contributed by atoms with Gasteiger partial charge in [0.25, 0.3) is 5.91 Å². The lowest BCUT2D eigenvalue weighted by Gasteiger charge is -2.19. The van der Waals surface area contributed by atoms with Crippen LogP contribution in [0.4, 0.5) is 10.8 Å². The van der Waals surface area contributed by atoms with Gasteiger partial charge in [-0.2, -0.15) is 0 Å². The molecule has 0 aliphatic rings. The van der Waals surface area contributed by atoms with E-state index in [2.05, 4.69) is 36.3 Å². The molecule has 1 aromatic heterocycles. The van der Waals surface area contributed by atoms with Crippen LogP contribution in [0, 0.1) is 0 Å². The largest absolute Gasteiger partial charge is 0.374 e. The zero-order valence-electron chi connectivity index (χ0n) is 11.1. The number of nitrogens with one attached hydrogen (secondary N) is 1. The minimum Gasteiger partial charge on any atom is -0.374 e. The second kappa shape index (κ2) is 4.97. The van der Waals surface area contributed by atoms with Crippen molar-refractivity contribution in [1.29, 1.82) is 0 Å². The first kappa shape index (κ1) is 13.5. The van der Waals surface area contributed by atoms with Crippen LogP contribution in [-0.2, 0) is 5.41 Å². The van der Waals surface area contributed by atoms with Gasteiger partial charge in [-0.3, -0.25) is 4.79 Å². The molecule has 5 nitrogen and oxygen atoms in total. The molecule has 1 heterocycles. The van der Waals surface area contributed by atoms with Gasteiger partial charge in [0.15, 0.2) is 0 Å². The van der Waals surface area contributed by atoms with Gasteiger partial charge in [0.1, 0.15) is 0 Å². The highest BCUT2D eigenvalue weighted by atomic mass is 32.1. The Balaban J connectivity index is 2.10. The van der Waals surface area contributed by atoms with Crippen LogP contribution in [0.1, 0.15) is 36.1 Å². The van der Waals surface area contributed by atoms with Gasteiger partial charge in [0.05, 0.1) is 0 Å². The molecule has 100 valence electrons. The van der Waals surface area contributed by atoms with E-state index in [-0.39, 0.29) is 21.5 Å². The number of benzene rings is 1. The molecule has 2 aromatic rings. The number of nitrogen functional groups attached to an aromatic ring is 1. The molecule has 0 aliphatic carbocycles. The predicted molar refractivity (Wildman–Crippen MR) is 77.4 cm³/mol. The number of nitrogens with two attached hydrogens (primary N) is 1. The minimum atomic E-state index is -0.294. The van der Waals surface area contributed by atoms with Gasteiger partial charge < -0.3 is 11.1 Å². The summed E-state index contributed by atoms with van der Waals surface area (Å²) in [5, 5.41) is 10.6. The third kappa shape index (κ3) is 3.29. The van der Waals surface area contributed by atoms with Crippen LogP contribution in [0.3, 0.4) is 0 Å². The average molecular weight is 276 g/mol. The fourth-order valence-corrected chi connectivity index (χ4v) is 2.07. The highest BCUT2D eigenvalue weighted by Gasteiger charge is 2.14. The fourth-order valence-electron chi connectivity index (χ4n) is 1.56. The van der Waals surface area contributed by atoms with Crippen molar-refractivity contribution in [2.45, 2.75) is 26.2 Å². The van der Waals surface area contributed by atoms with Gasteiger partial charge in [-0.15, -0.1) is 10.2 Å². The van der Waals surface area contributed by atoms with Crippen LogP contribution in [0.25, 0.3) is 0 Å². The molecule has 19 heavy (non-hydrogen) atoms. The lowest BCUT2D eigenvalue weighted by atomic mass is 9.87. The van der Waals surface area contributed by atoms with Crippen molar-refractivity contribution in [2.24, 2.45) is 0 Å². The molecule has 2 rings (SSSR count). The lowest BCUT2D eigenvalue weighted by Crippen LogP contribution is -2.13. The number of rotatable bonds is 2. The lowest BCUT2D eigenvalue weighted by molar-refractivity contribution is 0.102. The van der Waals surface area contributed by atoms with Crippen LogP contribution < -0.4 is 11.1 Å². The molecule has 3 N–H and O–H groups in total. The number of hydrogen-bond donors (Lipinski definition) is 2. The van der Waals surface area contributed by atoms with Crippen LogP contribution in [0.5, 0.6) is 0 Å². The third-order valence-corrected chi connectivity index (χ3v) is 3.39. The third-order valence-electron chi connectivity index (χ3n) is 2.64. The number of aromatic nitrogens is 2. The van der Waals surface area contributed by atoms with E-state index in [1.54, 1.807) is 0 Å². The van der Waals surface area contributed by atoms with E-state index in [0.29, 0.717) is 0 Å². The summed E-state index contributed by atoms with van der Waals surface area (Å²) in [6.07, 6.45) is 0. The summed E-state index contributed by atoms with van der Waals surface area (Å²) in [4.78, 5) is 11.9. The molecule has 1 aromatic carbocycles. The molecule has 0 bridgehead atoms. The molecular weight excluding hydrogens is 260 g/mol. The van der Waals surface area contributed by atoms with Gasteiger partial charge in [0, 0.05) is 5.69 Å². The normalized spacial score (nSPS) is 11.3. The summed E-state index contributed by atoms with van der Waals surface area (Å²) in [5.74, 6) is -0.294. The van der Waals surface area contributed by atoms with Gasteiger partial charge in [-0.05, 0) is 23.1 Å². The van der Waals surface area contributed by atoms with Crippen LogP contribution in [0.2, 0.25) is 0 Å². The quantitative estimate of drug-likeness (QED) is 0.883. The molecule has 6 heteroatoms. The van der Waals surface area contributed by atoms with Crippen molar-refractivity contribution in [3.63, 3.8) is 0 Å². The Kier molecular flexibility index (Phi) is 3.53. The van der Waals surface area contributed by atoms with Crippen LogP contribution in [0.15, 0.2) is 24.3 Å². The maximum absolute atomic E-state index is 11.9. The van der Waals surface area contributed by atoms with Crippen molar-refractivity contribution < 1.29 is 4.79 Å². The number of carbonyl (C=O) groups is 1. The van der Waals surface area contributed by atoms with Crippen molar-refractivity contribution in [2.75, 3.05) is 11.1 Å². The van der Waals surface area contributed by atoms with Gasteiger partial charge in [-0.25, -0.2) is 0 Å². The fraction of sp³-hybridized carbons (Fsp3) is 0.308. The standard InChI is InChI=1S/C13H16N4OS/c1-13(2,3)8-4-6-9(7-5-8)15-10(18)11-16-17-12(14)19-11/h4-7H,1-3H3,(H2,14,17)(H,15,18). The number of carbonyl (C=O) groups excluding carboxylic acids is 1. The van der Waals surface area contributed by atoms with Gasteiger partial charge in [-0.1, -0.05) is 44.2 Å². The Labute approximate surface area is 115 Å². The van der Waals surface area contributed by atoms with Gasteiger partial charge >= 0.3 is 0 Å². The van der Waals surface area contributed by atoms with E-state index >= 15 is 0 Å². The predicted octanol–water partition coefficient (Wildman–Crippen LogP) is 2.67. The van der Waals surface area contributed by atoms with Crippen LogP contribution in [-0.4, -0.2) is 16.1 Å². The second-order valence-electron chi connectivity index (χ2n) is 5.23. The first-order valence-electron chi connectivity index (χ1n) is 5.87. The van der Waals surface area contributed by atoms with E-state index in [0.717, 1.165) is 17.0 Å². The Morgan fingerprint density at radius 2 is 1.84 bits per heavy atom. The maximum Gasteiger partial charge on any atom is 0.286 e. The summed E-state index contributed by atoms with van der Waals surface area (Å²) in [5.41, 5.74) is 7.48. The van der Waals surface area contributed by atoms with Crippen molar-refractivity contribution >= 4 is 28.1 Å². The van der Waals surface area contributed by atoms with E-state index in [4.69, 9.17) is 5.73 Å². The smallest absolute Gasteiger partial charge is 0.286 e. The Morgan fingerprint density at radius 1 is 1.21 bits per heavy atom. The molecular formula is C13H16N4OS. The topological polar surface area (TPSA) is 80.9 Å². The first-order valence-corrected chi connectivity index (χ1v) is 6.69. The number of hydrogen-bond acceptors (Lipinski definition) is 5. The Bertz CT molecular complexity index is 583. The zero-order chi connectivity index (χ0) is 14.0.